The van der Waals surface area contributed by atoms with Crippen LogP contribution in [0.1, 0.15) is 5.56 Å². The smallest absolute Gasteiger partial charge is 0.212 e. The first-order chi connectivity index (χ1) is 6.31. The molecule has 0 radical (unpaired) electrons. The van der Waals surface area contributed by atoms with Gasteiger partial charge in [-0.1, -0.05) is 30.3 Å². The predicted octanol–water partition coefficient (Wildman–Crippen LogP) is 2.35. The van der Waals surface area contributed by atoms with Crippen molar-refractivity contribution in [3.05, 3.63) is 35.9 Å². The number of halogens is 3. The van der Waals surface area contributed by atoms with Crippen molar-refractivity contribution in [2.45, 2.75) is 5.92 Å². The number of benzene rings is 1. The molecule has 0 aromatic heterocycles. The minimum atomic E-state index is -4.21. The molecular formula is C8H7ClF2O2S. The van der Waals surface area contributed by atoms with Crippen molar-refractivity contribution in [3.63, 3.8) is 0 Å². The maximum atomic E-state index is 13.2. The van der Waals surface area contributed by atoms with Crippen LogP contribution < -0.4 is 0 Å². The third kappa shape index (κ3) is 3.23. The number of alkyl halides is 2. The van der Waals surface area contributed by atoms with Gasteiger partial charge in [-0.05, 0) is 0 Å². The number of hydrogen-bond acceptors (Lipinski definition) is 2. The zero-order valence-electron chi connectivity index (χ0n) is 6.95. The summed E-state index contributed by atoms with van der Waals surface area (Å²) in [5, 5.41) is 0. The van der Waals surface area contributed by atoms with E-state index in [0.717, 1.165) is 12.1 Å². The lowest BCUT2D eigenvalue weighted by molar-refractivity contribution is 0.0217. The van der Waals surface area contributed by atoms with Gasteiger partial charge in [0.1, 0.15) is 5.75 Å². The molecule has 1 rings (SSSR count). The fourth-order valence-electron chi connectivity index (χ4n) is 0.982. The Hall–Kier alpha value is -0.680. The maximum Gasteiger partial charge on any atom is 0.288 e. The van der Waals surface area contributed by atoms with Crippen LogP contribution in [0.5, 0.6) is 0 Å². The molecule has 2 nitrogen and oxygen atoms in total. The second-order valence-corrected chi connectivity index (χ2v) is 5.53. The Morgan fingerprint density at radius 3 is 2.14 bits per heavy atom. The Kier molecular flexibility index (Phi) is 3.11. The Labute approximate surface area is 84.9 Å². The normalized spacial score (nSPS) is 12.8. The molecule has 0 aliphatic heterocycles. The summed E-state index contributed by atoms with van der Waals surface area (Å²) in [6.45, 7) is 0. The number of rotatable bonds is 3. The van der Waals surface area contributed by atoms with Crippen LogP contribution in [-0.2, 0) is 15.0 Å². The van der Waals surface area contributed by atoms with Gasteiger partial charge < -0.3 is 0 Å². The summed E-state index contributed by atoms with van der Waals surface area (Å²) in [7, 11) is 0.552. The molecule has 0 aliphatic carbocycles. The molecule has 0 heterocycles. The van der Waals surface area contributed by atoms with Crippen molar-refractivity contribution in [2.24, 2.45) is 0 Å². The summed E-state index contributed by atoms with van der Waals surface area (Å²) in [5.74, 6) is -4.83. The van der Waals surface area contributed by atoms with Crippen LogP contribution in [0, 0.1) is 0 Å². The van der Waals surface area contributed by atoms with Gasteiger partial charge >= 0.3 is 0 Å². The molecule has 0 unspecified atom stereocenters. The topological polar surface area (TPSA) is 34.1 Å². The van der Waals surface area contributed by atoms with E-state index in [1.54, 1.807) is 6.07 Å². The first kappa shape index (κ1) is 11.4. The highest BCUT2D eigenvalue weighted by Crippen LogP contribution is 2.30. The molecule has 78 valence electrons. The molecule has 0 saturated carbocycles. The van der Waals surface area contributed by atoms with E-state index in [2.05, 4.69) is 0 Å². The fraction of sp³-hybridized carbons (Fsp3) is 0.250. The third-order valence-electron chi connectivity index (χ3n) is 1.55. The van der Waals surface area contributed by atoms with Crippen LogP contribution in [0.3, 0.4) is 0 Å². The van der Waals surface area contributed by atoms with Gasteiger partial charge in [0, 0.05) is 16.2 Å². The Morgan fingerprint density at radius 1 is 1.21 bits per heavy atom. The van der Waals surface area contributed by atoms with Gasteiger partial charge in [0.15, 0.2) is 0 Å². The molecule has 0 spiro atoms. The molecule has 0 atom stereocenters. The molecule has 1 aromatic carbocycles. The summed E-state index contributed by atoms with van der Waals surface area (Å²) < 4.78 is 47.4. The Morgan fingerprint density at radius 2 is 1.71 bits per heavy atom. The SMILES string of the molecule is O=S(=O)(Cl)CC(F)(F)c1ccccc1. The molecule has 1 aromatic rings. The average molecular weight is 241 g/mol. The van der Waals surface area contributed by atoms with Crippen LogP contribution in [0.25, 0.3) is 0 Å². The second kappa shape index (κ2) is 3.82. The van der Waals surface area contributed by atoms with Gasteiger partial charge in [0.2, 0.25) is 9.05 Å². The average Bonchev–Trinajstić information content (AvgIpc) is 2.01. The lowest BCUT2D eigenvalue weighted by Gasteiger charge is -2.14. The molecule has 0 fully saturated rings. The van der Waals surface area contributed by atoms with Crippen LogP contribution in [0.4, 0.5) is 8.78 Å². The molecular weight excluding hydrogens is 234 g/mol. The minimum Gasteiger partial charge on any atom is -0.212 e. The molecule has 6 heteroatoms. The van der Waals surface area contributed by atoms with E-state index >= 15 is 0 Å². The van der Waals surface area contributed by atoms with Crippen LogP contribution in [-0.4, -0.2) is 14.2 Å². The standard InChI is InChI=1S/C8H7ClF2O2S/c9-14(12,13)6-8(10,11)7-4-2-1-3-5-7/h1-5H,6H2. The largest absolute Gasteiger partial charge is 0.288 e. The van der Waals surface area contributed by atoms with E-state index in [9.17, 15) is 17.2 Å². The first-order valence-electron chi connectivity index (χ1n) is 3.67. The minimum absolute atomic E-state index is 0.357. The zero-order chi connectivity index (χ0) is 10.8. The van der Waals surface area contributed by atoms with Gasteiger partial charge in [-0.3, -0.25) is 0 Å². The molecule has 0 saturated heterocycles. The van der Waals surface area contributed by atoms with Crippen molar-refractivity contribution in [1.82, 2.24) is 0 Å². The summed E-state index contributed by atoms with van der Waals surface area (Å²) >= 11 is 0. The van der Waals surface area contributed by atoms with E-state index in [1.807, 2.05) is 0 Å². The summed E-state index contributed by atoms with van der Waals surface area (Å²) in [6.07, 6.45) is 0. The summed E-state index contributed by atoms with van der Waals surface area (Å²) in [4.78, 5) is 0. The van der Waals surface area contributed by atoms with E-state index in [1.165, 1.54) is 12.1 Å². The second-order valence-electron chi connectivity index (χ2n) is 2.75. The van der Waals surface area contributed by atoms with Gasteiger partial charge in [-0.25, -0.2) is 17.2 Å². The van der Waals surface area contributed by atoms with Gasteiger partial charge in [-0.15, -0.1) is 0 Å². The fourth-order valence-corrected chi connectivity index (χ4v) is 1.99. The van der Waals surface area contributed by atoms with Gasteiger partial charge in [-0.2, -0.15) is 0 Å². The van der Waals surface area contributed by atoms with E-state index < -0.39 is 20.7 Å². The van der Waals surface area contributed by atoms with Crippen LogP contribution in [0.15, 0.2) is 30.3 Å². The van der Waals surface area contributed by atoms with Crippen molar-refractivity contribution in [1.29, 1.82) is 0 Å². The first-order valence-corrected chi connectivity index (χ1v) is 6.15. The molecule has 0 aliphatic rings. The predicted molar refractivity (Wildman–Crippen MR) is 50.0 cm³/mol. The van der Waals surface area contributed by atoms with Crippen molar-refractivity contribution >= 4 is 19.7 Å². The van der Waals surface area contributed by atoms with E-state index in [-0.39, 0.29) is 5.56 Å². The van der Waals surface area contributed by atoms with E-state index in [0.29, 0.717) is 0 Å². The van der Waals surface area contributed by atoms with Gasteiger partial charge in [0.25, 0.3) is 5.92 Å². The lowest BCUT2D eigenvalue weighted by Crippen LogP contribution is -2.22. The van der Waals surface area contributed by atoms with Crippen molar-refractivity contribution in [2.75, 3.05) is 5.75 Å². The highest BCUT2D eigenvalue weighted by atomic mass is 35.7. The van der Waals surface area contributed by atoms with Crippen LogP contribution in [0.2, 0.25) is 0 Å². The summed E-state index contributed by atoms with van der Waals surface area (Å²) in [5.41, 5.74) is -0.357. The Bertz CT molecular complexity index is 403. The van der Waals surface area contributed by atoms with Gasteiger partial charge in [0.05, 0.1) is 0 Å². The highest BCUT2D eigenvalue weighted by molar-refractivity contribution is 8.13. The molecule has 0 N–H and O–H groups in total. The number of hydrogen-bond donors (Lipinski definition) is 0. The zero-order valence-corrected chi connectivity index (χ0v) is 8.52. The van der Waals surface area contributed by atoms with Crippen molar-refractivity contribution < 1.29 is 17.2 Å². The summed E-state index contributed by atoms with van der Waals surface area (Å²) in [6, 6.07) is 6.69. The third-order valence-corrected chi connectivity index (χ3v) is 2.58. The van der Waals surface area contributed by atoms with Crippen LogP contribution >= 0.6 is 10.7 Å². The molecule has 0 bridgehead atoms. The maximum absolute atomic E-state index is 13.2. The quantitative estimate of drug-likeness (QED) is 0.760. The molecule has 0 amide bonds. The monoisotopic (exact) mass is 240 g/mol. The Balaban J connectivity index is 2.97. The highest BCUT2D eigenvalue weighted by Gasteiger charge is 2.36. The van der Waals surface area contributed by atoms with Crippen molar-refractivity contribution in [3.8, 4) is 0 Å². The molecule has 14 heavy (non-hydrogen) atoms. The van der Waals surface area contributed by atoms with E-state index in [4.69, 9.17) is 10.7 Å². The lowest BCUT2D eigenvalue weighted by atomic mass is 10.1.